The van der Waals surface area contributed by atoms with E-state index in [4.69, 9.17) is 9.40 Å². The fourth-order valence-corrected chi connectivity index (χ4v) is 3.94. The van der Waals surface area contributed by atoms with E-state index in [-0.39, 0.29) is 0 Å². The van der Waals surface area contributed by atoms with Crippen LogP contribution in [0, 0.1) is 0 Å². The van der Waals surface area contributed by atoms with Crippen LogP contribution in [0.15, 0.2) is 101 Å². The molecule has 0 fully saturated rings. The number of hydrogen-bond donors (Lipinski definition) is 1. The molecule has 0 spiro atoms. The van der Waals surface area contributed by atoms with Gasteiger partial charge in [-0.3, -0.25) is 5.10 Å². The third-order valence-electron chi connectivity index (χ3n) is 5.35. The molecule has 0 radical (unpaired) electrons. The summed E-state index contributed by atoms with van der Waals surface area (Å²) in [4.78, 5) is 4.74. The molecule has 4 heteroatoms. The molecule has 30 heavy (non-hydrogen) atoms. The minimum Gasteiger partial charge on any atom is -0.456 e. The number of H-pyrrole nitrogens is 1. The second-order valence-corrected chi connectivity index (χ2v) is 7.23. The van der Waals surface area contributed by atoms with Gasteiger partial charge in [0, 0.05) is 21.9 Å². The fraction of sp³-hybridized carbons (Fsp3) is 0. The summed E-state index contributed by atoms with van der Waals surface area (Å²) in [7, 11) is 0. The largest absolute Gasteiger partial charge is 0.456 e. The summed E-state index contributed by atoms with van der Waals surface area (Å²) in [6.07, 6.45) is 0. The maximum Gasteiger partial charge on any atom is 0.181 e. The smallest absolute Gasteiger partial charge is 0.181 e. The number of para-hydroxylation sites is 1. The summed E-state index contributed by atoms with van der Waals surface area (Å²) in [5.74, 6) is 1.39. The Kier molecular flexibility index (Phi) is 3.74. The zero-order valence-corrected chi connectivity index (χ0v) is 16.0. The summed E-state index contributed by atoms with van der Waals surface area (Å²) >= 11 is 0. The summed E-state index contributed by atoms with van der Waals surface area (Å²) in [6.45, 7) is 0. The predicted octanol–water partition coefficient (Wildman–Crippen LogP) is 6.71. The van der Waals surface area contributed by atoms with Crippen LogP contribution in [0.3, 0.4) is 0 Å². The van der Waals surface area contributed by atoms with Gasteiger partial charge >= 0.3 is 0 Å². The van der Waals surface area contributed by atoms with Gasteiger partial charge in [-0.2, -0.15) is 5.10 Å². The van der Waals surface area contributed by atoms with E-state index >= 15 is 0 Å². The number of hydrogen-bond acceptors (Lipinski definition) is 3. The molecular weight excluding hydrogens is 370 g/mol. The zero-order valence-electron chi connectivity index (χ0n) is 16.0. The van der Waals surface area contributed by atoms with Gasteiger partial charge in [0.15, 0.2) is 11.6 Å². The summed E-state index contributed by atoms with van der Waals surface area (Å²) in [6, 6.07) is 32.7. The predicted molar refractivity (Wildman–Crippen MR) is 120 cm³/mol. The summed E-state index contributed by atoms with van der Waals surface area (Å²) < 4.78 is 6.20. The van der Waals surface area contributed by atoms with Gasteiger partial charge in [0.25, 0.3) is 0 Å². The maximum absolute atomic E-state index is 6.20. The highest BCUT2D eigenvalue weighted by molar-refractivity contribution is 6.13. The van der Waals surface area contributed by atoms with E-state index in [2.05, 4.69) is 46.6 Å². The van der Waals surface area contributed by atoms with E-state index in [1.54, 1.807) is 0 Å². The third-order valence-corrected chi connectivity index (χ3v) is 5.35. The number of aromatic amines is 1. The van der Waals surface area contributed by atoms with Crippen LogP contribution in [0.5, 0.6) is 0 Å². The van der Waals surface area contributed by atoms with Crippen LogP contribution in [0.2, 0.25) is 0 Å². The van der Waals surface area contributed by atoms with Crippen LogP contribution in [-0.2, 0) is 0 Å². The lowest BCUT2D eigenvalue weighted by molar-refractivity contribution is 0.669. The molecule has 4 nitrogen and oxygen atoms in total. The van der Waals surface area contributed by atoms with Crippen LogP contribution < -0.4 is 0 Å². The molecular formula is C26H17N3O. The Hall–Kier alpha value is -4.18. The molecule has 0 unspecified atom stereocenters. The number of fused-ring (bicyclic) bond motifs is 3. The Morgan fingerprint density at radius 1 is 0.633 bits per heavy atom. The molecule has 0 aliphatic heterocycles. The first-order valence-corrected chi connectivity index (χ1v) is 9.86. The maximum atomic E-state index is 6.20. The highest BCUT2D eigenvalue weighted by Crippen LogP contribution is 2.39. The van der Waals surface area contributed by atoms with Gasteiger partial charge in [-0.1, -0.05) is 78.9 Å². The molecule has 0 bridgehead atoms. The highest BCUT2D eigenvalue weighted by atomic mass is 16.3. The van der Waals surface area contributed by atoms with Crippen molar-refractivity contribution in [3.63, 3.8) is 0 Å². The molecule has 2 aromatic heterocycles. The Morgan fingerprint density at radius 3 is 2.13 bits per heavy atom. The quantitative estimate of drug-likeness (QED) is 0.367. The normalized spacial score (nSPS) is 11.3. The zero-order chi connectivity index (χ0) is 19.9. The van der Waals surface area contributed by atoms with Crippen molar-refractivity contribution in [2.24, 2.45) is 0 Å². The molecule has 1 N–H and O–H groups in total. The van der Waals surface area contributed by atoms with E-state index in [0.717, 1.165) is 50.0 Å². The van der Waals surface area contributed by atoms with Gasteiger partial charge in [-0.15, -0.1) is 0 Å². The van der Waals surface area contributed by atoms with Crippen molar-refractivity contribution < 1.29 is 4.42 Å². The minimum absolute atomic E-state index is 0.647. The van der Waals surface area contributed by atoms with Crippen LogP contribution in [0.4, 0.5) is 0 Å². The first-order valence-electron chi connectivity index (χ1n) is 9.86. The topological polar surface area (TPSA) is 54.7 Å². The molecule has 0 saturated heterocycles. The minimum atomic E-state index is 0.647. The molecule has 0 aliphatic rings. The molecule has 4 aromatic carbocycles. The van der Waals surface area contributed by atoms with Gasteiger partial charge in [-0.25, -0.2) is 4.98 Å². The Morgan fingerprint density at radius 2 is 1.33 bits per heavy atom. The number of benzene rings is 4. The molecule has 0 amide bonds. The average molecular weight is 387 g/mol. The second kappa shape index (κ2) is 6.71. The van der Waals surface area contributed by atoms with Gasteiger partial charge < -0.3 is 4.42 Å². The molecule has 2 heterocycles. The van der Waals surface area contributed by atoms with Crippen molar-refractivity contribution in [1.29, 1.82) is 0 Å². The molecule has 142 valence electrons. The SMILES string of the molecule is c1ccc(-c2nc(-c3cc(-c4ccccc4)c4c(c3)oc3ccccc34)n[nH]2)cc1. The highest BCUT2D eigenvalue weighted by Gasteiger charge is 2.17. The van der Waals surface area contributed by atoms with Crippen molar-refractivity contribution in [3.05, 3.63) is 97.1 Å². The lowest BCUT2D eigenvalue weighted by Crippen LogP contribution is -1.85. The van der Waals surface area contributed by atoms with Crippen LogP contribution in [0.25, 0.3) is 55.8 Å². The van der Waals surface area contributed by atoms with E-state index < -0.39 is 0 Å². The first-order chi connectivity index (χ1) is 14.9. The van der Waals surface area contributed by atoms with Crippen LogP contribution in [-0.4, -0.2) is 15.2 Å². The Bertz CT molecular complexity index is 1480. The van der Waals surface area contributed by atoms with E-state index in [1.807, 2.05) is 60.7 Å². The summed E-state index contributed by atoms with van der Waals surface area (Å²) in [5.41, 5.74) is 5.87. The fourth-order valence-electron chi connectivity index (χ4n) is 3.94. The lowest BCUT2D eigenvalue weighted by atomic mass is 9.97. The van der Waals surface area contributed by atoms with Crippen molar-refractivity contribution >= 4 is 21.9 Å². The van der Waals surface area contributed by atoms with Crippen molar-refractivity contribution in [1.82, 2.24) is 15.2 Å². The summed E-state index contributed by atoms with van der Waals surface area (Å²) in [5, 5.41) is 9.76. The molecule has 6 rings (SSSR count). The van der Waals surface area contributed by atoms with Crippen LogP contribution >= 0.6 is 0 Å². The van der Waals surface area contributed by atoms with Gasteiger partial charge in [0.05, 0.1) is 0 Å². The third kappa shape index (κ3) is 2.70. The van der Waals surface area contributed by atoms with E-state index in [1.165, 1.54) is 0 Å². The number of nitrogens with zero attached hydrogens (tertiary/aromatic N) is 2. The Labute approximate surface area is 172 Å². The van der Waals surface area contributed by atoms with E-state index in [0.29, 0.717) is 5.82 Å². The first kappa shape index (κ1) is 16.7. The average Bonchev–Trinajstić information content (AvgIpc) is 3.45. The second-order valence-electron chi connectivity index (χ2n) is 7.23. The number of rotatable bonds is 3. The Balaban J connectivity index is 1.59. The van der Waals surface area contributed by atoms with Gasteiger partial charge in [0.2, 0.25) is 0 Å². The van der Waals surface area contributed by atoms with Crippen LogP contribution in [0.1, 0.15) is 0 Å². The molecule has 6 aromatic rings. The van der Waals surface area contributed by atoms with Gasteiger partial charge in [-0.05, 0) is 29.3 Å². The molecule has 0 atom stereocenters. The number of aromatic nitrogens is 3. The molecule has 0 aliphatic carbocycles. The van der Waals surface area contributed by atoms with Gasteiger partial charge in [0.1, 0.15) is 11.2 Å². The number of nitrogens with one attached hydrogen (secondary N) is 1. The number of furan rings is 1. The van der Waals surface area contributed by atoms with Crippen molar-refractivity contribution in [2.45, 2.75) is 0 Å². The van der Waals surface area contributed by atoms with Crippen molar-refractivity contribution in [2.75, 3.05) is 0 Å². The standard InChI is InChI=1S/C26H17N3O/c1-3-9-17(10-4-1)21-15-19(16-23-24(21)20-13-7-8-14-22(20)30-23)26-27-25(28-29-26)18-11-5-2-6-12-18/h1-16H,(H,27,28,29). The van der Waals surface area contributed by atoms with E-state index in [9.17, 15) is 0 Å². The monoisotopic (exact) mass is 387 g/mol. The molecule has 0 saturated carbocycles. The van der Waals surface area contributed by atoms with Crippen molar-refractivity contribution in [3.8, 4) is 33.9 Å². The lowest BCUT2D eigenvalue weighted by Gasteiger charge is -2.06.